The number of benzene rings is 2. The van der Waals surface area contributed by atoms with Crippen molar-refractivity contribution >= 4 is 10.0 Å². The molecule has 2 aromatic rings. The normalized spacial score (nSPS) is 20.3. The minimum atomic E-state index is -3.47. The van der Waals surface area contributed by atoms with Crippen molar-refractivity contribution in [2.45, 2.75) is 30.2 Å². The first-order valence-corrected chi connectivity index (χ1v) is 12.7. The molecule has 1 unspecified atom stereocenters. The van der Waals surface area contributed by atoms with Crippen molar-refractivity contribution in [3.8, 4) is 11.5 Å². The molecule has 2 saturated heterocycles. The predicted octanol–water partition coefficient (Wildman–Crippen LogP) is 2.80. The Morgan fingerprint density at radius 3 is 2.56 bits per heavy atom. The van der Waals surface area contributed by atoms with Crippen LogP contribution in [0.25, 0.3) is 0 Å². The molecule has 1 atom stereocenters. The summed E-state index contributed by atoms with van der Waals surface area (Å²) in [4.78, 5) is 2.78. The lowest BCUT2D eigenvalue weighted by molar-refractivity contribution is 0.0730. The molecule has 8 heteroatoms. The molecular formula is C24H32N2O5S. The molecule has 0 amide bonds. The molecule has 0 radical (unpaired) electrons. The van der Waals surface area contributed by atoms with Gasteiger partial charge in [0.05, 0.1) is 25.2 Å². The van der Waals surface area contributed by atoms with Crippen molar-refractivity contribution in [1.82, 2.24) is 9.21 Å². The van der Waals surface area contributed by atoms with Crippen molar-refractivity contribution < 1.29 is 22.6 Å². The topological polar surface area (TPSA) is 68.3 Å². The van der Waals surface area contributed by atoms with Crippen molar-refractivity contribution in [2.24, 2.45) is 0 Å². The molecule has 0 bridgehead atoms. The van der Waals surface area contributed by atoms with E-state index >= 15 is 0 Å². The Morgan fingerprint density at radius 2 is 1.81 bits per heavy atom. The molecular weight excluding hydrogens is 428 g/mol. The van der Waals surface area contributed by atoms with Gasteiger partial charge in [0.25, 0.3) is 0 Å². The Hall–Kier alpha value is -2.13. The molecule has 2 aromatic carbocycles. The Bertz CT molecular complexity index is 974. The number of hydrogen-bond acceptors (Lipinski definition) is 6. The molecule has 174 valence electrons. The van der Waals surface area contributed by atoms with E-state index in [2.05, 4.69) is 17.0 Å². The Morgan fingerprint density at radius 1 is 1.03 bits per heavy atom. The first-order valence-electron chi connectivity index (χ1n) is 11.2. The fraction of sp³-hybridized carbons (Fsp3) is 0.500. The number of rotatable bonds is 9. The van der Waals surface area contributed by atoms with Gasteiger partial charge in [-0.3, -0.25) is 4.90 Å². The minimum Gasteiger partial charge on any atom is -0.497 e. The average Bonchev–Trinajstić information content (AvgIpc) is 3.27. The van der Waals surface area contributed by atoms with Gasteiger partial charge in [-0.2, -0.15) is 4.31 Å². The number of sulfonamides is 1. The van der Waals surface area contributed by atoms with E-state index in [1.807, 2.05) is 12.1 Å². The van der Waals surface area contributed by atoms with Crippen LogP contribution in [0.5, 0.6) is 11.5 Å². The lowest BCUT2D eigenvalue weighted by Crippen LogP contribution is -2.40. The van der Waals surface area contributed by atoms with Crippen LogP contribution in [0.15, 0.2) is 53.4 Å². The third kappa shape index (κ3) is 5.61. The summed E-state index contributed by atoms with van der Waals surface area (Å²) >= 11 is 0. The van der Waals surface area contributed by atoms with Gasteiger partial charge in [-0.15, -0.1) is 0 Å². The third-order valence-corrected chi connectivity index (χ3v) is 8.10. The van der Waals surface area contributed by atoms with E-state index in [1.165, 1.54) is 22.7 Å². The number of likely N-dealkylation sites (tertiary alicyclic amines) is 1. The molecule has 4 rings (SSSR count). The largest absolute Gasteiger partial charge is 0.497 e. The highest BCUT2D eigenvalue weighted by Gasteiger charge is 2.26. The maximum Gasteiger partial charge on any atom is 0.243 e. The average molecular weight is 461 g/mol. The minimum absolute atomic E-state index is 0.296. The molecule has 0 saturated carbocycles. The maximum absolute atomic E-state index is 12.7. The summed E-state index contributed by atoms with van der Waals surface area (Å²) in [5.41, 5.74) is 1.29. The maximum atomic E-state index is 12.7. The Labute approximate surface area is 190 Å². The molecule has 2 aliphatic rings. The van der Waals surface area contributed by atoms with Crippen molar-refractivity contribution in [2.75, 3.05) is 53.1 Å². The van der Waals surface area contributed by atoms with Gasteiger partial charge in [0, 0.05) is 25.7 Å². The van der Waals surface area contributed by atoms with Crippen molar-refractivity contribution in [3.05, 3.63) is 54.1 Å². The Balaban J connectivity index is 1.28. The van der Waals surface area contributed by atoms with E-state index < -0.39 is 10.0 Å². The number of methoxy groups -OCH3 is 1. The van der Waals surface area contributed by atoms with Crippen LogP contribution in [-0.2, 0) is 21.2 Å². The zero-order valence-corrected chi connectivity index (χ0v) is 19.4. The summed E-state index contributed by atoms with van der Waals surface area (Å²) in [6, 6.07) is 15.5. The molecule has 32 heavy (non-hydrogen) atoms. The zero-order valence-electron chi connectivity index (χ0n) is 18.6. The van der Waals surface area contributed by atoms with Crippen LogP contribution in [0.2, 0.25) is 0 Å². The smallest absolute Gasteiger partial charge is 0.243 e. The first kappa shape index (κ1) is 23.0. The standard InChI is InChI=1S/C24H32N2O5S/c1-29-23-6-2-4-20(19-23)18-21-5-3-11-25(21)12-17-31-22-7-9-24(10-8-22)32(27,28)26-13-15-30-16-14-26/h2,4,6-10,19,21H,3,5,11-18H2,1H3. The van der Waals surface area contributed by atoms with Gasteiger partial charge in [-0.1, -0.05) is 12.1 Å². The van der Waals surface area contributed by atoms with E-state index in [4.69, 9.17) is 14.2 Å². The van der Waals surface area contributed by atoms with Crippen molar-refractivity contribution in [3.63, 3.8) is 0 Å². The van der Waals surface area contributed by atoms with E-state index in [-0.39, 0.29) is 0 Å². The molecule has 7 nitrogen and oxygen atoms in total. The van der Waals surface area contributed by atoms with Gasteiger partial charge in [-0.05, 0) is 67.8 Å². The lowest BCUT2D eigenvalue weighted by Gasteiger charge is -2.26. The van der Waals surface area contributed by atoms with Crippen LogP contribution in [0.3, 0.4) is 0 Å². The summed E-state index contributed by atoms with van der Waals surface area (Å²) in [6.45, 7) is 4.17. The zero-order chi connectivity index (χ0) is 22.4. The van der Waals surface area contributed by atoms with Crippen molar-refractivity contribution in [1.29, 1.82) is 0 Å². The van der Waals surface area contributed by atoms with Crippen LogP contribution >= 0.6 is 0 Å². The van der Waals surface area contributed by atoms with Gasteiger partial charge in [-0.25, -0.2) is 8.42 Å². The van der Waals surface area contributed by atoms with E-state index in [9.17, 15) is 8.42 Å². The van der Waals surface area contributed by atoms with E-state index in [0.717, 1.165) is 25.3 Å². The molecule has 2 aliphatic heterocycles. The molecule has 0 aliphatic carbocycles. The number of ether oxygens (including phenoxy) is 3. The quantitative estimate of drug-likeness (QED) is 0.573. The fourth-order valence-electron chi connectivity index (χ4n) is 4.42. The summed E-state index contributed by atoms with van der Waals surface area (Å²) in [5, 5.41) is 0. The second kappa shape index (κ2) is 10.7. The predicted molar refractivity (Wildman–Crippen MR) is 123 cm³/mol. The highest BCUT2D eigenvalue weighted by Crippen LogP contribution is 2.24. The Kier molecular flexibility index (Phi) is 7.67. The van der Waals surface area contributed by atoms with Crippen LogP contribution in [0.4, 0.5) is 0 Å². The number of nitrogens with zero attached hydrogens (tertiary/aromatic N) is 2. The van der Waals surface area contributed by atoms with Crippen LogP contribution in [0.1, 0.15) is 18.4 Å². The first-order chi connectivity index (χ1) is 15.6. The number of morpholine rings is 1. The molecule has 2 fully saturated rings. The van der Waals surface area contributed by atoms with Crippen LogP contribution in [0, 0.1) is 0 Å². The van der Waals surface area contributed by atoms with Gasteiger partial charge < -0.3 is 14.2 Å². The second-order valence-corrected chi connectivity index (χ2v) is 10.2. The summed E-state index contributed by atoms with van der Waals surface area (Å²) in [7, 11) is -1.78. The summed E-state index contributed by atoms with van der Waals surface area (Å²) in [5.74, 6) is 1.59. The van der Waals surface area contributed by atoms with E-state index in [0.29, 0.717) is 49.6 Å². The van der Waals surface area contributed by atoms with Gasteiger partial charge in [0.1, 0.15) is 18.1 Å². The molecule has 0 spiro atoms. The third-order valence-electron chi connectivity index (χ3n) is 6.18. The second-order valence-electron chi connectivity index (χ2n) is 8.22. The monoisotopic (exact) mass is 460 g/mol. The summed E-state index contributed by atoms with van der Waals surface area (Å²) in [6.07, 6.45) is 3.39. The van der Waals surface area contributed by atoms with Gasteiger partial charge >= 0.3 is 0 Å². The fourth-order valence-corrected chi connectivity index (χ4v) is 5.82. The SMILES string of the molecule is COc1cccc(CC2CCCN2CCOc2ccc(S(=O)(=O)N3CCOCC3)cc2)c1. The van der Waals surface area contributed by atoms with Crippen LogP contribution < -0.4 is 9.47 Å². The highest BCUT2D eigenvalue weighted by molar-refractivity contribution is 7.89. The number of hydrogen-bond donors (Lipinski definition) is 0. The van der Waals surface area contributed by atoms with E-state index in [1.54, 1.807) is 31.4 Å². The molecule has 2 heterocycles. The van der Waals surface area contributed by atoms with Gasteiger partial charge in [0.2, 0.25) is 10.0 Å². The summed E-state index contributed by atoms with van der Waals surface area (Å²) < 4.78 is 43.5. The van der Waals surface area contributed by atoms with Crippen LogP contribution in [-0.4, -0.2) is 76.8 Å². The molecule has 0 aromatic heterocycles. The lowest BCUT2D eigenvalue weighted by atomic mass is 10.0. The highest BCUT2D eigenvalue weighted by atomic mass is 32.2. The molecule has 0 N–H and O–H groups in total. The van der Waals surface area contributed by atoms with Gasteiger partial charge in [0.15, 0.2) is 0 Å².